The second-order valence-corrected chi connectivity index (χ2v) is 5.26. The number of esters is 1. The summed E-state index contributed by atoms with van der Waals surface area (Å²) < 4.78 is 4.93. The molecule has 0 unspecified atom stereocenters. The number of nitrogens with one attached hydrogen (secondary N) is 1. The van der Waals surface area contributed by atoms with Crippen LogP contribution in [-0.2, 0) is 16.0 Å². The molecule has 20 heavy (non-hydrogen) atoms. The van der Waals surface area contributed by atoms with Gasteiger partial charge in [0.05, 0.1) is 18.7 Å². The van der Waals surface area contributed by atoms with E-state index >= 15 is 0 Å². The van der Waals surface area contributed by atoms with Crippen LogP contribution in [0.15, 0.2) is 35.8 Å². The summed E-state index contributed by atoms with van der Waals surface area (Å²) in [7, 11) is 0. The Hall–Kier alpha value is -2.14. The zero-order valence-corrected chi connectivity index (χ0v) is 11.9. The molecule has 0 spiro atoms. The Morgan fingerprint density at radius 2 is 2.30 bits per heavy atom. The summed E-state index contributed by atoms with van der Waals surface area (Å²) >= 11 is 1.54. The highest BCUT2D eigenvalue weighted by molar-refractivity contribution is 7.13. The Bertz CT molecular complexity index is 745. The van der Waals surface area contributed by atoms with Gasteiger partial charge < -0.3 is 9.72 Å². The summed E-state index contributed by atoms with van der Waals surface area (Å²) in [6.45, 7) is 2.20. The first kappa shape index (κ1) is 12.9. The Morgan fingerprint density at radius 1 is 1.40 bits per heavy atom. The third-order valence-corrected chi connectivity index (χ3v) is 3.92. The van der Waals surface area contributed by atoms with Crippen molar-refractivity contribution < 1.29 is 9.53 Å². The molecular weight excluding hydrogens is 272 g/mol. The van der Waals surface area contributed by atoms with Crippen LogP contribution in [0.2, 0.25) is 0 Å². The zero-order valence-electron chi connectivity index (χ0n) is 11.1. The average molecular weight is 286 g/mol. The van der Waals surface area contributed by atoms with Crippen LogP contribution in [0, 0.1) is 0 Å². The van der Waals surface area contributed by atoms with Crippen LogP contribution in [0.25, 0.3) is 21.5 Å². The second kappa shape index (κ2) is 5.46. The molecule has 102 valence electrons. The fourth-order valence-corrected chi connectivity index (χ4v) is 2.88. The fourth-order valence-electron chi connectivity index (χ4n) is 2.06. The standard InChI is InChI=1S/C15H14N2O2S/c1-2-19-14(18)8-12-9-20-15(17-12)11-4-3-10-5-6-16-13(10)7-11/h3-7,9,16H,2,8H2,1H3. The molecule has 0 saturated heterocycles. The highest BCUT2D eigenvalue weighted by Crippen LogP contribution is 2.26. The molecule has 1 aromatic carbocycles. The molecule has 0 aliphatic rings. The molecule has 0 radical (unpaired) electrons. The molecule has 2 heterocycles. The molecular formula is C15H14N2O2S. The number of hydrogen-bond acceptors (Lipinski definition) is 4. The molecule has 3 rings (SSSR count). The van der Waals surface area contributed by atoms with E-state index in [1.807, 2.05) is 23.7 Å². The lowest BCUT2D eigenvalue weighted by Crippen LogP contribution is -2.07. The quantitative estimate of drug-likeness (QED) is 0.748. The minimum atomic E-state index is -0.232. The number of carbonyl (C=O) groups is 1. The van der Waals surface area contributed by atoms with Gasteiger partial charge in [-0.1, -0.05) is 12.1 Å². The van der Waals surface area contributed by atoms with E-state index in [-0.39, 0.29) is 12.4 Å². The number of fused-ring (bicyclic) bond motifs is 1. The van der Waals surface area contributed by atoms with Gasteiger partial charge in [0.1, 0.15) is 5.01 Å². The monoisotopic (exact) mass is 286 g/mol. The molecule has 0 bridgehead atoms. The largest absolute Gasteiger partial charge is 0.466 e. The average Bonchev–Trinajstić information content (AvgIpc) is 3.06. The van der Waals surface area contributed by atoms with Crippen LogP contribution in [0.4, 0.5) is 0 Å². The first-order valence-corrected chi connectivity index (χ1v) is 7.32. The molecule has 3 aromatic rings. The van der Waals surface area contributed by atoms with Gasteiger partial charge in [-0.05, 0) is 24.4 Å². The maximum Gasteiger partial charge on any atom is 0.311 e. The van der Waals surface area contributed by atoms with Gasteiger partial charge in [0.2, 0.25) is 0 Å². The summed E-state index contributed by atoms with van der Waals surface area (Å²) in [5.74, 6) is -0.232. The number of hydrogen-bond donors (Lipinski definition) is 1. The summed E-state index contributed by atoms with van der Waals surface area (Å²) in [6, 6.07) is 8.21. The summed E-state index contributed by atoms with van der Waals surface area (Å²) in [4.78, 5) is 19.1. The molecule has 0 saturated carbocycles. The lowest BCUT2D eigenvalue weighted by atomic mass is 10.2. The molecule has 0 fully saturated rings. The maximum absolute atomic E-state index is 11.4. The van der Waals surface area contributed by atoms with Gasteiger partial charge in [-0.3, -0.25) is 4.79 Å². The van der Waals surface area contributed by atoms with E-state index in [1.165, 1.54) is 5.39 Å². The number of aromatic nitrogens is 2. The summed E-state index contributed by atoms with van der Waals surface area (Å²) in [5, 5.41) is 4.00. The number of ether oxygens (including phenoxy) is 1. The van der Waals surface area contributed by atoms with E-state index in [1.54, 1.807) is 18.3 Å². The van der Waals surface area contributed by atoms with Gasteiger partial charge in [-0.25, -0.2) is 4.98 Å². The minimum absolute atomic E-state index is 0.231. The molecule has 1 N–H and O–H groups in total. The highest BCUT2D eigenvalue weighted by Gasteiger charge is 2.10. The van der Waals surface area contributed by atoms with Gasteiger partial charge in [0, 0.05) is 22.7 Å². The predicted molar refractivity (Wildman–Crippen MR) is 79.7 cm³/mol. The predicted octanol–water partition coefficient (Wildman–Crippen LogP) is 3.40. The van der Waals surface area contributed by atoms with E-state index in [9.17, 15) is 4.79 Å². The SMILES string of the molecule is CCOC(=O)Cc1csc(-c2ccc3cc[nH]c3c2)n1. The number of thiazole rings is 1. The number of aromatic amines is 1. The first-order chi connectivity index (χ1) is 9.76. The Morgan fingerprint density at radius 3 is 3.15 bits per heavy atom. The lowest BCUT2D eigenvalue weighted by Gasteiger charge is -1.99. The van der Waals surface area contributed by atoms with Gasteiger partial charge in [-0.2, -0.15) is 0 Å². The molecule has 5 heteroatoms. The Labute approximate surface area is 120 Å². The number of benzene rings is 1. The van der Waals surface area contributed by atoms with E-state index in [2.05, 4.69) is 22.1 Å². The van der Waals surface area contributed by atoms with Gasteiger partial charge in [-0.15, -0.1) is 11.3 Å². The van der Waals surface area contributed by atoms with Crippen LogP contribution in [0.1, 0.15) is 12.6 Å². The number of H-pyrrole nitrogens is 1. The van der Waals surface area contributed by atoms with Crippen LogP contribution in [-0.4, -0.2) is 22.5 Å². The molecule has 0 aliphatic carbocycles. The number of carbonyl (C=O) groups excluding carboxylic acids is 1. The number of nitrogens with zero attached hydrogens (tertiary/aromatic N) is 1. The summed E-state index contributed by atoms with van der Waals surface area (Å²) in [5.41, 5.74) is 2.90. The van der Waals surface area contributed by atoms with Crippen molar-refractivity contribution in [2.45, 2.75) is 13.3 Å². The fraction of sp³-hybridized carbons (Fsp3) is 0.200. The molecule has 2 aromatic heterocycles. The van der Waals surface area contributed by atoms with Gasteiger partial charge >= 0.3 is 5.97 Å². The smallest absolute Gasteiger partial charge is 0.311 e. The Kier molecular flexibility index (Phi) is 3.52. The van der Waals surface area contributed by atoms with Crippen molar-refractivity contribution in [2.24, 2.45) is 0 Å². The normalized spacial score (nSPS) is 10.8. The molecule has 0 amide bonds. The molecule has 0 atom stereocenters. The third-order valence-electron chi connectivity index (χ3n) is 2.98. The van der Waals surface area contributed by atoms with Gasteiger partial charge in [0.25, 0.3) is 0 Å². The van der Waals surface area contributed by atoms with Crippen LogP contribution < -0.4 is 0 Å². The van der Waals surface area contributed by atoms with Crippen molar-refractivity contribution in [2.75, 3.05) is 6.61 Å². The van der Waals surface area contributed by atoms with Crippen molar-refractivity contribution in [1.29, 1.82) is 0 Å². The molecule has 0 aliphatic heterocycles. The van der Waals surface area contributed by atoms with Crippen LogP contribution in [0.5, 0.6) is 0 Å². The van der Waals surface area contributed by atoms with E-state index < -0.39 is 0 Å². The van der Waals surface area contributed by atoms with Gasteiger partial charge in [0.15, 0.2) is 0 Å². The topological polar surface area (TPSA) is 55.0 Å². The third kappa shape index (κ3) is 2.58. The molecule has 4 nitrogen and oxygen atoms in total. The van der Waals surface area contributed by atoms with Crippen LogP contribution >= 0.6 is 11.3 Å². The van der Waals surface area contributed by atoms with Crippen molar-refractivity contribution in [3.63, 3.8) is 0 Å². The van der Waals surface area contributed by atoms with E-state index in [0.29, 0.717) is 6.61 Å². The van der Waals surface area contributed by atoms with E-state index in [0.717, 1.165) is 21.8 Å². The van der Waals surface area contributed by atoms with E-state index in [4.69, 9.17) is 4.74 Å². The Balaban J connectivity index is 1.83. The maximum atomic E-state index is 11.4. The minimum Gasteiger partial charge on any atom is -0.466 e. The number of rotatable bonds is 4. The second-order valence-electron chi connectivity index (χ2n) is 4.41. The lowest BCUT2D eigenvalue weighted by molar-refractivity contribution is -0.142. The van der Waals surface area contributed by atoms with Crippen molar-refractivity contribution in [3.05, 3.63) is 41.5 Å². The highest BCUT2D eigenvalue weighted by atomic mass is 32.1. The van der Waals surface area contributed by atoms with Crippen LogP contribution in [0.3, 0.4) is 0 Å². The van der Waals surface area contributed by atoms with Crippen molar-refractivity contribution in [1.82, 2.24) is 9.97 Å². The zero-order chi connectivity index (χ0) is 13.9. The summed E-state index contributed by atoms with van der Waals surface area (Å²) in [6.07, 6.45) is 2.15. The van der Waals surface area contributed by atoms with Crippen molar-refractivity contribution >= 4 is 28.2 Å². The first-order valence-electron chi connectivity index (χ1n) is 6.44. The van der Waals surface area contributed by atoms with Crippen molar-refractivity contribution in [3.8, 4) is 10.6 Å².